The maximum absolute atomic E-state index is 13.7. The lowest BCUT2D eigenvalue weighted by molar-refractivity contribution is -0.120. The van der Waals surface area contributed by atoms with E-state index in [1.165, 1.54) is 35.6 Å². The third-order valence-electron chi connectivity index (χ3n) is 4.13. The molecule has 8 heteroatoms. The summed E-state index contributed by atoms with van der Waals surface area (Å²) in [6.45, 7) is 0. The minimum Gasteiger partial charge on any atom is -0.350 e. The van der Waals surface area contributed by atoms with Gasteiger partial charge in [0, 0.05) is 16.6 Å². The Bertz CT molecular complexity index is 1110. The first-order valence-corrected chi connectivity index (χ1v) is 8.98. The molecule has 4 rings (SSSR count). The highest BCUT2D eigenvalue weighted by molar-refractivity contribution is 7.11. The van der Waals surface area contributed by atoms with E-state index in [0.29, 0.717) is 10.6 Å². The van der Waals surface area contributed by atoms with Gasteiger partial charge >= 0.3 is 0 Å². The second kappa shape index (κ2) is 6.97. The van der Waals surface area contributed by atoms with E-state index in [2.05, 4.69) is 5.32 Å². The van der Waals surface area contributed by atoms with Gasteiger partial charge in [0.05, 0.1) is 11.3 Å². The third-order valence-corrected chi connectivity index (χ3v) is 5.01. The Labute approximate surface area is 161 Å². The molecule has 140 valence electrons. The first-order valence-electron chi connectivity index (χ1n) is 8.10. The number of nitrogens with zero attached hydrogens (tertiary/aromatic N) is 1. The fourth-order valence-corrected chi connectivity index (χ4v) is 3.60. The van der Waals surface area contributed by atoms with Crippen LogP contribution in [0.25, 0.3) is 5.57 Å². The number of benzene rings is 2. The maximum Gasteiger partial charge on any atom is 0.282 e. The van der Waals surface area contributed by atoms with Crippen LogP contribution >= 0.6 is 11.3 Å². The van der Waals surface area contributed by atoms with Gasteiger partial charge in [-0.3, -0.25) is 9.59 Å². The Kier molecular flexibility index (Phi) is 4.48. The molecule has 2 aromatic carbocycles. The van der Waals surface area contributed by atoms with Crippen LogP contribution in [0.2, 0.25) is 0 Å². The van der Waals surface area contributed by atoms with Crippen LogP contribution in [-0.4, -0.2) is 11.8 Å². The van der Waals surface area contributed by atoms with Crippen molar-refractivity contribution in [2.24, 2.45) is 0 Å². The lowest BCUT2D eigenvalue weighted by Crippen LogP contribution is -2.32. The van der Waals surface area contributed by atoms with Crippen molar-refractivity contribution in [3.05, 3.63) is 88.0 Å². The van der Waals surface area contributed by atoms with Crippen LogP contribution < -0.4 is 10.2 Å². The highest BCUT2D eigenvalue weighted by atomic mass is 32.1. The van der Waals surface area contributed by atoms with Crippen molar-refractivity contribution >= 4 is 40.1 Å². The molecule has 4 nitrogen and oxygen atoms in total. The monoisotopic (exact) mass is 400 g/mol. The fraction of sp³-hybridized carbons (Fsp3) is 0. The molecule has 1 aliphatic heterocycles. The molecule has 0 saturated carbocycles. The molecule has 1 N–H and O–H groups in total. The van der Waals surface area contributed by atoms with Gasteiger partial charge < -0.3 is 5.32 Å². The van der Waals surface area contributed by atoms with E-state index in [9.17, 15) is 22.8 Å². The Morgan fingerprint density at radius 3 is 2.25 bits per heavy atom. The van der Waals surface area contributed by atoms with Crippen LogP contribution in [0.5, 0.6) is 0 Å². The highest BCUT2D eigenvalue weighted by Gasteiger charge is 2.41. The fourth-order valence-electron chi connectivity index (χ4n) is 2.83. The van der Waals surface area contributed by atoms with Crippen LogP contribution in [0.4, 0.5) is 24.5 Å². The molecule has 1 aliphatic rings. The zero-order valence-electron chi connectivity index (χ0n) is 14.1. The predicted octanol–water partition coefficient (Wildman–Crippen LogP) is 4.56. The zero-order valence-corrected chi connectivity index (χ0v) is 14.9. The normalized spacial score (nSPS) is 14.2. The maximum atomic E-state index is 13.7. The number of imide groups is 1. The van der Waals surface area contributed by atoms with Crippen LogP contribution in [-0.2, 0) is 9.59 Å². The molecular formula is C20H11F3N2O2S. The summed E-state index contributed by atoms with van der Waals surface area (Å²) < 4.78 is 40.1. The number of carbonyl (C=O) groups is 2. The van der Waals surface area contributed by atoms with Gasteiger partial charge in [-0.25, -0.2) is 18.1 Å². The molecule has 0 fully saturated rings. The van der Waals surface area contributed by atoms with Gasteiger partial charge in [-0.05, 0) is 47.8 Å². The van der Waals surface area contributed by atoms with Gasteiger partial charge in [0.15, 0.2) is 11.6 Å². The van der Waals surface area contributed by atoms with E-state index in [1.54, 1.807) is 17.5 Å². The number of carbonyl (C=O) groups excluding carboxylic acids is 2. The number of thiophene rings is 1. The summed E-state index contributed by atoms with van der Waals surface area (Å²) in [5.74, 6) is -4.09. The summed E-state index contributed by atoms with van der Waals surface area (Å²) in [6.07, 6.45) is 0. The van der Waals surface area contributed by atoms with Crippen molar-refractivity contribution in [2.75, 3.05) is 10.2 Å². The van der Waals surface area contributed by atoms with Crippen molar-refractivity contribution in [2.45, 2.75) is 0 Å². The summed E-state index contributed by atoms with van der Waals surface area (Å²) >= 11 is 1.25. The van der Waals surface area contributed by atoms with Crippen molar-refractivity contribution in [3.8, 4) is 0 Å². The first-order chi connectivity index (χ1) is 13.5. The summed E-state index contributed by atoms with van der Waals surface area (Å²) in [5.41, 5.74) is 0.399. The Morgan fingerprint density at radius 2 is 1.61 bits per heavy atom. The minimum atomic E-state index is -1.17. The summed E-state index contributed by atoms with van der Waals surface area (Å²) in [7, 11) is 0. The lowest BCUT2D eigenvalue weighted by atomic mass is 10.2. The van der Waals surface area contributed by atoms with E-state index in [-0.39, 0.29) is 17.0 Å². The van der Waals surface area contributed by atoms with Crippen molar-refractivity contribution < 1.29 is 22.8 Å². The smallest absolute Gasteiger partial charge is 0.282 e. The van der Waals surface area contributed by atoms with Crippen molar-refractivity contribution in [3.63, 3.8) is 0 Å². The van der Waals surface area contributed by atoms with Gasteiger partial charge in [0.2, 0.25) is 0 Å². The van der Waals surface area contributed by atoms with Crippen LogP contribution in [0.1, 0.15) is 4.88 Å². The van der Waals surface area contributed by atoms with Crippen LogP contribution in [0.3, 0.4) is 0 Å². The second-order valence-electron chi connectivity index (χ2n) is 5.90. The molecular weight excluding hydrogens is 389 g/mol. The predicted molar refractivity (Wildman–Crippen MR) is 100 cm³/mol. The average Bonchev–Trinajstić information content (AvgIpc) is 3.27. The zero-order chi connectivity index (χ0) is 19.8. The number of halogens is 3. The molecule has 3 aromatic rings. The molecule has 1 aromatic heterocycles. The molecule has 0 atom stereocenters. The largest absolute Gasteiger partial charge is 0.350 e. The molecule has 0 saturated heterocycles. The molecule has 0 spiro atoms. The lowest BCUT2D eigenvalue weighted by Gasteiger charge is -2.15. The third kappa shape index (κ3) is 3.07. The molecule has 28 heavy (non-hydrogen) atoms. The van der Waals surface area contributed by atoms with E-state index in [1.807, 2.05) is 0 Å². The number of rotatable bonds is 4. The standard InChI is InChI=1S/C20H11F3N2O2S/c21-11-3-5-12(6-4-11)24-18-17(16-2-1-9-28-16)19(26)25(20(18)27)13-7-8-14(22)15(23)10-13/h1-10,24H. The summed E-state index contributed by atoms with van der Waals surface area (Å²) in [4.78, 5) is 27.3. The second-order valence-corrected chi connectivity index (χ2v) is 6.85. The molecule has 0 radical (unpaired) electrons. The number of anilines is 2. The van der Waals surface area contributed by atoms with Gasteiger partial charge in [0.1, 0.15) is 11.5 Å². The Morgan fingerprint density at radius 1 is 0.857 bits per heavy atom. The van der Waals surface area contributed by atoms with Crippen LogP contribution in [0.15, 0.2) is 65.7 Å². The van der Waals surface area contributed by atoms with E-state index < -0.39 is 29.3 Å². The molecule has 0 unspecified atom stereocenters. The SMILES string of the molecule is O=C1C(Nc2ccc(F)cc2)=C(c2cccs2)C(=O)N1c1ccc(F)c(F)c1. The Balaban J connectivity index is 1.79. The Hall–Kier alpha value is -3.39. The number of hydrogen-bond acceptors (Lipinski definition) is 4. The minimum absolute atomic E-state index is 0.0243. The summed E-state index contributed by atoms with van der Waals surface area (Å²) in [6, 6.07) is 11.5. The topological polar surface area (TPSA) is 49.4 Å². The average molecular weight is 400 g/mol. The van der Waals surface area contributed by atoms with Crippen molar-refractivity contribution in [1.82, 2.24) is 0 Å². The van der Waals surface area contributed by atoms with E-state index in [4.69, 9.17) is 0 Å². The van der Waals surface area contributed by atoms with Gasteiger partial charge in [0.25, 0.3) is 11.8 Å². The van der Waals surface area contributed by atoms with Crippen molar-refractivity contribution in [1.29, 1.82) is 0 Å². The molecule has 0 aliphatic carbocycles. The first kappa shape index (κ1) is 18.0. The van der Waals surface area contributed by atoms with Gasteiger partial charge in [-0.15, -0.1) is 11.3 Å². The van der Waals surface area contributed by atoms with Crippen LogP contribution in [0, 0.1) is 17.5 Å². The van der Waals surface area contributed by atoms with E-state index >= 15 is 0 Å². The quantitative estimate of drug-likeness (QED) is 0.653. The van der Waals surface area contributed by atoms with Gasteiger partial charge in [-0.1, -0.05) is 6.07 Å². The number of nitrogens with one attached hydrogen (secondary N) is 1. The molecule has 0 bridgehead atoms. The van der Waals surface area contributed by atoms with Gasteiger partial charge in [-0.2, -0.15) is 0 Å². The summed E-state index contributed by atoms with van der Waals surface area (Å²) in [5, 5.41) is 4.60. The number of amides is 2. The molecule has 2 amide bonds. The number of hydrogen-bond donors (Lipinski definition) is 1. The molecule has 2 heterocycles. The van der Waals surface area contributed by atoms with E-state index in [0.717, 1.165) is 23.1 Å². The highest BCUT2D eigenvalue weighted by Crippen LogP contribution is 2.35.